The normalized spacial score (nSPS) is 29.9. The van der Waals surface area contributed by atoms with Gasteiger partial charge in [0.1, 0.15) is 0 Å². The number of aromatic nitrogens is 3. The van der Waals surface area contributed by atoms with Gasteiger partial charge >= 0.3 is 0 Å². The van der Waals surface area contributed by atoms with Crippen molar-refractivity contribution in [2.45, 2.75) is 38.3 Å². The van der Waals surface area contributed by atoms with Crippen LogP contribution < -0.4 is 5.32 Å². The van der Waals surface area contributed by atoms with Crippen molar-refractivity contribution in [3.05, 3.63) is 12.4 Å². The SMILES string of the molecule is c1cn(CCN=C2NC3CCCCC3CS2)nn1. The molecule has 1 aliphatic carbocycles. The Bertz CT molecular complexity index is 403. The number of nitrogens with zero attached hydrogens (tertiary/aromatic N) is 4. The maximum Gasteiger partial charge on any atom is 0.156 e. The molecule has 1 aromatic heterocycles. The molecule has 6 heteroatoms. The highest BCUT2D eigenvalue weighted by Gasteiger charge is 2.29. The summed E-state index contributed by atoms with van der Waals surface area (Å²) in [6.07, 6.45) is 9.05. The number of rotatable bonds is 3. The van der Waals surface area contributed by atoms with Crippen molar-refractivity contribution in [1.82, 2.24) is 20.3 Å². The topological polar surface area (TPSA) is 55.1 Å². The first-order valence-corrected chi connectivity index (χ1v) is 7.68. The van der Waals surface area contributed by atoms with Crippen LogP contribution in [0.3, 0.4) is 0 Å². The Balaban J connectivity index is 1.50. The van der Waals surface area contributed by atoms with Crippen LogP contribution in [0.15, 0.2) is 17.4 Å². The standard InChI is InChI=1S/C12H19N5S/c1-2-4-11-10(3-1)9-18-12(15-11)13-5-7-17-8-6-14-16-17/h6,8,10-11H,1-5,7,9H2,(H,13,15). The van der Waals surface area contributed by atoms with Crippen LogP contribution in [0, 0.1) is 5.92 Å². The molecule has 0 amide bonds. The zero-order chi connectivity index (χ0) is 12.2. The third-order valence-corrected chi connectivity index (χ3v) is 4.82. The first-order valence-electron chi connectivity index (χ1n) is 6.70. The van der Waals surface area contributed by atoms with Crippen LogP contribution in [0.25, 0.3) is 0 Å². The molecule has 1 aliphatic heterocycles. The maximum atomic E-state index is 4.63. The van der Waals surface area contributed by atoms with Gasteiger partial charge in [-0.3, -0.25) is 9.67 Å². The Morgan fingerprint density at radius 2 is 2.39 bits per heavy atom. The molecule has 1 saturated heterocycles. The molecule has 1 aromatic rings. The first-order chi connectivity index (χ1) is 8.92. The van der Waals surface area contributed by atoms with E-state index in [1.807, 2.05) is 22.6 Å². The van der Waals surface area contributed by atoms with E-state index in [4.69, 9.17) is 0 Å². The van der Waals surface area contributed by atoms with E-state index >= 15 is 0 Å². The van der Waals surface area contributed by atoms with Crippen molar-refractivity contribution in [2.75, 3.05) is 12.3 Å². The molecular formula is C12H19N5S. The molecule has 2 atom stereocenters. The van der Waals surface area contributed by atoms with E-state index < -0.39 is 0 Å². The number of hydrogen-bond donors (Lipinski definition) is 1. The first kappa shape index (κ1) is 12.0. The Labute approximate surface area is 111 Å². The second-order valence-corrected chi connectivity index (χ2v) is 5.97. The second-order valence-electron chi connectivity index (χ2n) is 4.96. The van der Waals surface area contributed by atoms with E-state index in [0.717, 1.165) is 24.2 Å². The number of thioether (sulfide) groups is 1. The van der Waals surface area contributed by atoms with Crippen LogP contribution in [0.2, 0.25) is 0 Å². The summed E-state index contributed by atoms with van der Waals surface area (Å²) in [5.41, 5.74) is 0. The highest BCUT2D eigenvalue weighted by molar-refractivity contribution is 8.13. The molecular weight excluding hydrogens is 246 g/mol. The van der Waals surface area contributed by atoms with Crippen molar-refractivity contribution in [3.63, 3.8) is 0 Å². The summed E-state index contributed by atoms with van der Waals surface area (Å²) in [4.78, 5) is 4.63. The summed E-state index contributed by atoms with van der Waals surface area (Å²) in [6.45, 7) is 1.58. The third-order valence-electron chi connectivity index (χ3n) is 3.71. The van der Waals surface area contributed by atoms with Crippen LogP contribution in [-0.4, -0.2) is 38.5 Å². The maximum absolute atomic E-state index is 4.63. The lowest BCUT2D eigenvalue weighted by Gasteiger charge is -2.36. The van der Waals surface area contributed by atoms with Gasteiger partial charge in [0.05, 0.1) is 19.3 Å². The Hall–Kier alpha value is -1.04. The summed E-state index contributed by atoms with van der Waals surface area (Å²) in [7, 11) is 0. The lowest BCUT2D eigenvalue weighted by molar-refractivity contribution is 0.311. The van der Waals surface area contributed by atoms with Crippen LogP contribution in [-0.2, 0) is 6.54 Å². The monoisotopic (exact) mass is 265 g/mol. The fourth-order valence-corrected chi connectivity index (χ4v) is 3.87. The van der Waals surface area contributed by atoms with E-state index in [2.05, 4.69) is 20.6 Å². The van der Waals surface area contributed by atoms with E-state index in [0.29, 0.717) is 6.04 Å². The van der Waals surface area contributed by atoms with Gasteiger partial charge in [0.25, 0.3) is 0 Å². The van der Waals surface area contributed by atoms with E-state index in [-0.39, 0.29) is 0 Å². The Morgan fingerprint density at radius 1 is 1.44 bits per heavy atom. The molecule has 0 spiro atoms. The average molecular weight is 265 g/mol. The predicted molar refractivity (Wildman–Crippen MR) is 73.7 cm³/mol. The Morgan fingerprint density at radius 3 is 3.28 bits per heavy atom. The van der Waals surface area contributed by atoms with Gasteiger partial charge < -0.3 is 5.32 Å². The highest BCUT2D eigenvalue weighted by Crippen LogP contribution is 2.31. The minimum absolute atomic E-state index is 0.671. The number of nitrogens with one attached hydrogen (secondary N) is 1. The van der Waals surface area contributed by atoms with Crippen molar-refractivity contribution < 1.29 is 0 Å². The number of aliphatic imine (C=N–C) groups is 1. The summed E-state index contributed by atoms with van der Waals surface area (Å²) >= 11 is 1.88. The Kier molecular flexibility index (Phi) is 3.83. The van der Waals surface area contributed by atoms with Crippen molar-refractivity contribution in [2.24, 2.45) is 10.9 Å². The molecule has 1 saturated carbocycles. The fourth-order valence-electron chi connectivity index (χ4n) is 2.68. The number of hydrogen-bond acceptors (Lipinski definition) is 4. The van der Waals surface area contributed by atoms with E-state index in [1.165, 1.54) is 31.4 Å². The minimum Gasteiger partial charge on any atom is -0.362 e. The molecule has 2 unspecified atom stereocenters. The van der Waals surface area contributed by atoms with Gasteiger partial charge in [-0.15, -0.1) is 5.10 Å². The summed E-state index contributed by atoms with van der Waals surface area (Å²) in [6, 6.07) is 0.671. The number of amidine groups is 1. The van der Waals surface area contributed by atoms with Gasteiger partial charge in [0, 0.05) is 18.0 Å². The van der Waals surface area contributed by atoms with Crippen LogP contribution in [0.4, 0.5) is 0 Å². The number of fused-ring (bicyclic) bond motifs is 1. The van der Waals surface area contributed by atoms with Gasteiger partial charge in [-0.1, -0.05) is 29.8 Å². The van der Waals surface area contributed by atoms with Crippen LogP contribution in [0.1, 0.15) is 25.7 Å². The summed E-state index contributed by atoms with van der Waals surface area (Å²) < 4.78 is 1.82. The zero-order valence-electron chi connectivity index (χ0n) is 10.5. The van der Waals surface area contributed by atoms with Gasteiger partial charge in [0.2, 0.25) is 0 Å². The third kappa shape index (κ3) is 2.85. The fraction of sp³-hybridized carbons (Fsp3) is 0.750. The molecule has 0 bridgehead atoms. The quantitative estimate of drug-likeness (QED) is 0.900. The summed E-state index contributed by atoms with van der Waals surface area (Å²) in [5, 5.41) is 12.4. The lowest BCUT2D eigenvalue weighted by Crippen LogP contribution is -2.46. The average Bonchev–Trinajstić information content (AvgIpc) is 2.92. The second kappa shape index (κ2) is 5.73. The van der Waals surface area contributed by atoms with Crippen molar-refractivity contribution in [3.8, 4) is 0 Å². The highest BCUT2D eigenvalue weighted by atomic mass is 32.2. The van der Waals surface area contributed by atoms with Crippen LogP contribution >= 0.6 is 11.8 Å². The molecule has 0 aromatic carbocycles. The minimum atomic E-state index is 0.671. The van der Waals surface area contributed by atoms with Gasteiger partial charge in [0.15, 0.2) is 5.17 Å². The smallest absolute Gasteiger partial charge is 0.156 e. The molecule has 2 fully saturated rings. The molecule has 2 aliphatic rings. The van der Waals surface area contributed by atoms with Gasteiger partial charge in [-0.25, -0.2) is 0 Å². The molecule has 98 valence electrons. The molecule has 2 heterocycles. The lowest BCUT2D eigenvalue weighted by atomic mass is 9.86. The molecule has 1 N–H and O–H groups in total. The largest absolute Gasteiger partial charge is 0.362 e. The van der Waals surface area contributed by atoms with Crippen molar-refractivity contribution >= 4 is 16.9 Å². The van der Waals surface area contributed by atoms with E-state index in [1.54, 1.807) is 6.20 Å². The van der Waals surface area contributed by atoms with Gasteiger partial charge in [-0.05, 0) is 18.8 Å². The molecule has 5 nitrogen and oxygen atoms in total. The molecule has 0 radical (unpaired) electrons. The van der Waals surface area contributed by atoms with Gasteiger partial charge in [-0.2, -0.15) is 0 Å². The molecule has 3 rings (SSSR count). The molecule has 18 heavy (non-hydrogen) atoms. The van der Waals surface area contributed by atoms with Crippen LogP contribution in [0.5, 0.6) is 0 Å². The zero-order valence-corrected chi connectivity index (χ0v) is 11.3. The predicted octanol–water partition coefficient (Wildman–Crippen LogP) is 1.53. The van der Waals surface area contributed by atoms with E-state index in [9.17, 15) is 0 Å². The van der Waals surface area contributed by atoms with Crippen molar-refractivity contribution in [1.29, 1.82) is 0 Å². The summed E-state index contributed by atoms with van der Waals surface area (Å²) in [5.74, 6) is 2.10.